The second-order valence-corrected chi connectivity index (χ2v) is 7.09. The van der Waals surface area contributed by atoms with Crippen molar-refractivity contribution < 1.29 is 22.4 Å². The second-order valence-electron chi connectivity index (χ2n) is 5.39. The van der Waals surface area contributed by atoms with E-state index < -0.39 is 22.9 Å². The molecule has 26 heavy (non-hydrogen) atoms. The number of aromatic nitrogens is 1. The number of hydrogen-bond donors (Lipinski definition) is 1. The average molecular weight is 401 g/mol. The van der Waals surface area contributed by atoms with Gasteiger partial charge in [0.1, 0.15) is 5.52 Å². The van der Waals surface area contributed by atoms with Crippen molar-refractivity contribution in [3.63, 3.8) is 0 Å². The lowest BCUT2D eigenvalue weighted by molar-refractivity contribution is -0.137. The molecular formula is C17H12ClF3N2O2S. The predicted molar refractivity (Wildman–Crippen MR) is 94.4 cm³/mol. The Morgan fingerprint density at radius 3 is 2.69 bits per heavy atom. The fraction of sp³-hybridized carbons (Fsp3) is 0.176. The van der Waals surface area contributed by atoms with Crippen molar-refractivity contribution in [3.05, 3.63) is 53.1 Å². The molecule has 0 spiro atoms. The Kier molecular flexibility index (Phi) is 5.15. The first-order valence-corrected chi connectivity index (χ1v) is 8.69. The first kappa shape index (κ1) is 18.6. The number of rotatable bonds is 4. The van der Waals surface area contributed by atoms with E-state index in [1.807, 2.05) is 6.07 Å². The number of alkyl halides is 3. The third kappa shape index (κ3) is 4.13. The Labute approximate surface area is 155 Å². The van der Waals surface area contributed by atoms with Gasteiger partial charge in [-0.1, -0.05) is 35.5 Å². The van der Waals surface area contributed by atoms with E-state index in [1.54, 1.807) is 25.1 Å². The van der Waals surface area contributed by atoms with Gasteiger partial charge in [0, 0.05) is 0 Å². The highest BCUT2D eigenvalue weighted by Crippen LogP contribution is 2.34. The Morgan fingerprint density at radius 2 is 2.00 bits per heavy atom. The zero-order chi connectivity index (χ0) is 18.9. The molecule has 3 aromatic rings. The summed E-state index contributed by atoms with van der Waals surface area (Å²) in [6.07, 6.45) is -4.53. The van der Waals surface area contributed by atoms with Gasteiger partial charge in [-0.2, -0.15) is 13.2 Å². The molecule has 0 saturated carbocycles. The molecule has 0 unspecified atom stereocenters. The molecular weight excluding hydrogens is 389 g/mol. The molecule has 9 heteroatoms. The number of thioether (sulfide) groups is 1. The van der Waals surface area contributed by atoms with Gasteiger partial charge < -0.3 is 9.73 Å². The van der Waals surface area contributed by atoms with E-state index in [9.17, 15) is 18.0 Å². The van der Waals surface area contributed by atoms with Gasteiger partial charge in [0.25, 0.3) is 5.22 Å². The fourth-order valence-corrected chi connectivity index (χ4v) is 3.06. The molecule has 0 aliphatic heterocycles. The number of nitrogens with zero attached hydrogens (tertiary/aromatic N) is 1. The smallest absolute Gasteiger partial charge is 0.416 e. The quantitative estimate of drug-likeness (QED) is 0.577. The molecule has 0 bridgehead atoms. The van der Waals surface area contributed by atoms with Crippen LogP contribution in [0.3, 0.4) is 0 Å². The third-order valence-electron chi connectivity index (χ3n) is 3.47. The number of amides is 1. The first-order chi connectivity index (χ1) is 12.2. The molecule has 0 aliphatic rings. The minimum atomic E-state index is -4.53. The van der Waals surface area contributed by atoms with Crippen molar-refractivity contribution in [1.29, 1.82) is 0 Å². The van der Waals surface area contributed by atoms with Gasteiger partial charge in [-0.25, -0.2) is 4.98 Å². The average Bonchev–Trinajstić information content (AvgIpc) is 2.97. The van der Waals surface area contributed by atoms with Gasteiger partial charge in [-0.05, 0) is 37.3 Å². The lowest BCUT2D eigenvalue weighted by Gasteiger charge is -2.13. The number of benzene rings is 2. The van der Waals surface area contributed by atoms with Crippen molar-refractivity contribution in [2.45, 2.75) is 23.6 Å². The SMILES string of the molecule is C[C@H](Sc1nc2ccccc2o1)C(=O)Nc1cc(C(F)(F)F)ccc1Cl. The number of hydrogen-bond acceptors (Lipinski definition) is 4. The van der Waals surface area contributed by atoms with Gasteiger partial charge in [0.2, 0.25) is 5.91 Å². The van der Waals surface area contributed by atoms with Crippen LogP contribution in [0.2, 0.25) is 5.02 Å². The fourth-order valence-electron chi connectivity index (χ4n) is 2.14. The summed E-state index contributed by atoms with van der Waals surface area (Å²) in [4.78, 5) is 16.6. The van der Waals surface area contributed by atoms with Crippen molar-refractivity contribution in [1.82, 2.24) is 4.98 Å². The third-order valence-corrected chi connectivity index (χ3v) is 4.75. The van der Waals surface area contributed by atoms with Crippen LogP contribution in [0.5, 0.6) is 0 Å². The Morgan fingerprint density at radius 1 is 1.27 bits per heavy atom. The number of carbonyl (C=O) groups is 1. The van der Waals surface area contributed by atoms with Crippen LogP contribution in [0.15, 0.2) is 52.1 Å². The molecule has 136 valence electrons. The van der Waals surface area contributed by atoms with Gasteiger partial charge in [0.05, 0.1) is 21.5 Å². The van der Waals surface area contributed by atoms with E-state index >= 15 is 0 Å². The maximum atomic E-state index is 12.8. The molecule has 3 rings (SSSR count). The van der Waals surface area contributed by atoms with Crippen LogP contribution in [0, 0.1) is 0 Å². The summed E-state index contributed by atoms with van der Waals surface area (Å²) in [5.41, 5.74) is 0.250. The normalized spacial score (nSPS) is 13.0. The lowest BCUT2D eigenvalue weighted by atomic mass is 10.2. The number of fused-ring (bicyclic) bond motifs is 1. The molecule has 0 aliphatic carbocycles. The monoisotopic (exact) mass is 400 g/mol. The summed E-state index contributed by atoms with van der Waals surface area (Å²) in [5, 5.41) is 2.07. The van der Waals surface area contributed by atoms with Crippen LogP contribution >= 0.6 is 23.4 Å². The highest BCUT2D eigenvalue weighted by molar-refractivity contribution is 8.00. The molecule has 4 nitrogen and oxygen atoms in total. The number of oxazole rings is 1. The summed E-state index contributed by atoms with van der Waals surface area (Å²) in [6, 6.07) is 9.89. The molecule has 1 atom stereocenters. The molecule has 1 aromatic heterocycles. The van der Waals surface area contributed by atoms with Gasteiger partial charge in [0.15, 0.2) is 5.58 Å². The van der Waals surface area contributed by atoms with Gasteiger partial charge in [-0.15, -0.1) is 0 Å². The molecule has 0 saturated heterocycles. The van der Waals surface area contributed by atoms with Crippen molar-refractivity contribution >= 4 is 46.1 Å². The van der Waals surface area contributed by atoms with Crippen LogP contribution in [0.1, 0.15) is 12.5 Å². The molecule has 1 heterocycles. The van der Waals surface area contributed by atoms with Crippen LogP contribution in [-0.4, -0.2) is 16.1 Å². The number of carbonyl (C=O) groups excluding carboxylic acids is 1. The standard InChI is InChI=1S/C17H12ClF3N2O2S/c1-9(26-16-23-12-4-2-3-5-14(12)25-16)15(24)22-13-8-10(17(19,20)21)6-7-11(13)18/h2-9H,1H3,(H,22,24)/t9-/m0/s1. The molecule has 2 aromatic carbocycles. The maximum Gasteiger partial charge on any atom is 0.416 e. The maximum absolute atomic E-state index is 12.8. The number of nitrogens with one attached hydrogen (secondary N) is 1. The topological polar surface area (TPSA) is 55.1 Å². The summed E-state index contributed by atoms with van der Waals surface area (Å²) in [6.45, 7) is 1.59. The van der Waals surface area contributed by atoms with Crippen LogP contribution in [0.4, 0.5) is 18.9 Å². The number of halogens is 4. The summed E-state index contributed by atoms with van der Waals surface area (Å²) >= 11 is 6.95. The summed E-state index contributed by atoms with van der Waals surface area (Å²) in [7, 11) is 0. The zero-order valence-electron chi connectivity index (χ0n) is 13.3. The zero-order valence-corrected chi connectivity index (χ0v) is 14.9. The first-order valence-electron chi connectivity index (χ1n) is 7.44. The van der Waals surface area contributed by atoms with E-state index in [0.717, 1.165) is 30.0 Å². The lowest BCUT2D eigenvalue weighted by Crippen LogP contribution is -2.23. The van der Waals surface area contributed by atoms with E-state index in [-0.39, 0.29) is 10.7 Å². The predicted octanol–water partition coefficient (Wildman–Crippen LogP) is 5.62. The number of para-hydroxylation sites is 2. The molecule has 0 fully saturated rings. The van der Waals surface area contributed by atoms with Gasteiger partial charge >= 0.3 is 6.18 Å². The summed E-state index contributed by atoms with van der Waals surface area (Å²) < 4.78 is 43.9. The van der Waals surface area contributed by atoms with Crippen molar-refractivity contribution in [3.8, 4) is 0 Å². The second kappa shape index (κ2) is 7.20. The largest absolute Gasteiger partial charge is 0.431 e. The minimum absolute atomic E-state index is 0.0189. The van der Waals surface area contributed by atoms with E-state index in [4.69, 9.17) is 16.0 Å². The van der Waals surface area contributed by atoms with Crippen LogP contribution in [0.25, 0.3) is 11.1 Å². The van der Waals surface area contributed by atoms with Crippen molar-refractivity contribution in [2.24, 2.45) is 0 Å². The van der Waals surface area contributed by atoms with Gasteiger partial charge in [-0.3, -0.25) is 4.79 Å². The highest BCUT2D eigenvalue weighted by Gasteiger charge is 2.31. The molecule has 1 amide bonds. The summed E-state index contributed by atoms with van der Waals surface area (Å²) in [5.74, 6) is -0.515. The molecule has 0 radical (unpaired) electrons. The van der Waals surface area contributed by atoms with Crippen LogP contribution < -0.4 is 5.32 Å². The highest BCUT2D eigenvalue weighted by atomic mass is 35.5. The Balaban J connectivity index is 1.73. The number of anilines is 1. The Hall–Kier alpha value is -2.19. The van der Waals surface area contributed by atoms with Crippen molar-refractivity contribution in [2.75, 3.05) is 5.32 Å². The van der Waals surface area contributed by atoms with E-state index in [1.165, 1.54) is 0 Å². The van der Waals surface area contributed by atoms with Crippen LogP contribution in [-0.2, 0) is 11.0 Å². The van der Waals surface area contributed by atoms with E-state index in [0.29, 0.717) is 16.3 Å². The molecule has 1 N–H and O–H groups in total. The minimum Gasteiger partial charge on any atom is -0.431 e. The van der Waals surface area contributed by atoms with E-state index in [2.05, 4.69) is 10.3 Å². The Bertz CT molecular complexity index is 926.